The zero-order valence-corrected chi connectivity index (χ0v) is 14.1. The summed E-state index contributed by atoms with van der Waals surface area (Å²) in [6.07, 6.45) is 6.27. The number of phenolic OH excluding ortho intramolecular Hbond substituents is 1. The summed E-state index contributed by atoms with van der Waals surface area (Å²) in [4.78, 5) is 0. The minimum Gasteiger partial charge on any atom is -0.507 e. The first-order chi connectivity index (χ1) is 10.0. The number of nitrogens with zero attached hydrogens (tertiary/aromatic N) is 1. The maximum atomic E-state index is 10.4. The van der Waals surface area contributed by atoms with E-state index in [1.54, 1.807) is 6.20 Å². The van der Waals surface area contributed by atoms with Crippen molar-refractivity contribution in [3.05, 3.63) is 29.5 Å². The van der Waals surface area contributed by atoms with Gasteiger partial charge in [-0.25, -0.2) is 0 Å². The van der Waals surface area contributed by atoms with Crippen LogP contribution in [0.4, 0.5) is 0 Å². The van der Waals surface area contributed by atoms with E-state index in [1.165, 1.54) is 12.8 Å². The largest absolute Gasteiger partial charge is 0.507 e. The van der Waals surface area contributed by atoms with Crippen molar-refractivity contribution < 1.29 is 9.84 Å². The highest BCUT2D eigenvalue weighted by Crippen LogP contribution is 2.48. The molecule has 0 saturated heterocycles. The van der Waals surface area contributed by atoms with Crippen molar-refractivity contribution in [3.63, 3.8) is 0 Å². The molecular formula is C17H23ClN2O2. The first kappa shape index (κ1) is 16.7. The number of unbranched alkanes of at least 4 members (excludes halogenated alkanes) is 2. The van der Waals surface area contributed by atoms with Crippen molar-refractivity contribution in [2.45, 2.75) is 52.1 Å². The van der Waals surface area contributed by atoms with Gasteiger partial charge in [0, 0.05) is 5.56 Å². The lowest BCUT2D eigenvalue weighted by molar-refractivity contribution is 0.105. The van der Waals surface area contributed by atoms with E-state index in [1.807, 2.05) is 19.9 Å². The first-order valence-corrected chi connectivity index (χ1v) is 7.62. The number of rotatable bonds is 4. The highest BCUT2D eigenvalue weighted by Gasteiger charge is 2.35. The summed E-state index contributed by atoms with van der Waals surface area (Å²) in [6.45, 7) is 6.23. The van der Waals surface area contributed by atoms with Crippen molar-refractivity contribution in [2.24, 2.45) is 0 Å². The van der Waals surface area contributed by atoms with Gasteiger partial charge in [0.05, 0.1) is 17.5 Å². The number of aromatic hydroxyl groups is 1. The molecule has 2 aromatic rings. The molecule has 1 aromatic carbocycles. The Hall–Kier alpha value is -1.68. The fraction of sp³-hybridized carbons (Fsp3) is 0.471. The molecule has 4 nitrogen and oxygen atoms in total. The molecule has 1 aliphatic heterocycles. The lowest BCUT2D eigenvalue weighted by atomic mass is 9.90. The molecule has 1 aliphatic rings. The molecule has 0 amide bonds. The molecule has 0 unspecified atom stereocenters. The number of H-pyrrole nitrogens is 1. The van der Waals surface area contributed by atoms with Gasteiger partial charge in [-0.2, -0.15) is 5.10 Å². The third kappa shape index (κ3) is 2.80. The molecule has 0 radical (unpaired) electrons. The van der Waals surface area contributed by atoms with Crippen LogP contribution in [0.5, 0.6) is 11.5 Å². The average molecular weight is 323 g/mol. The zero-order chi connectivity index (χ0) is 15.0. The second-order valence-electron chi connectivity index (χ2n) is 6.22. The molecule has 0 aliphatic carbocycles. The van der Waals surface area contributed by atoms with Crippen LogP contribution in [0.25, 0.3) is 11.3 Å². The van der Waals surface area contributed by atoms with Gasteiger partial charge < -0.3 is 9.84 Å². The van der Waals surface area contributed by atoms with Crippen LogP contribution in [0.1, 0.15) is 51.2 Å². The quantitative estimate of drug-likeness (QED) is 0.811. The molecule has 0 atom stereocenters. The van der Waals surface area contributed by atoms with Crippen LogP contribution in [0, 0.1) is 0 Å². The Morgan fingerprint density at radius 1 is 1.27 bits per heavy atom. The fourth-order valence-electron chi connectivity index (χ4n) is 2.97. The summed E-state index contributed by atoms with van der Waals surface area (Å²) in [5.74, 6) is 1.00. The van der Waals surface area contributed by atoms with E-state index < -0.39 is 5.60 Å². The first-order valence-electron chi connectivity index (χ1n) is 7.62. The second kappa shape index (κ2) is 6.21. The van der Waals surface area contributed by atoms with E-state index in [4.69, 9.17) is 4.74 Å². The number of halogens is 1. The van der Waals surface area contributed by atoms with E-state index in [0.29, 0.717) is 0 Å². The van der Waals surface area contributed by atoms with Gasteiger partial charge in [0.15, 0.2) is 0 Å². The molecule has 120 valence electrons. The van der Waals surface area contributed by atoms with Crippen molar-refractivity contribution in [1.82, 2.24) is 10.2 Å². The molecule has 2 N–H and O–H groups in total. The smallest absolute Gasteiger partial charge is 0.134 e. The minimum absolute atomic E-state index is 0. The molecule has 0 fully saturated rings. The number of hydrogen-bond donors (Lipinski definition) is 2. The highest BCUT2D eigenvalue weighted by molar-refractivity contribution is 5.85. The molecule has 2 heterocycles. The van der Waals surface area contributed by atoms with Gasteiger partial charge in [-0.15, -0.1) is 12.4 Å². The number of aromatic nitrogens is 2. The van der Waals surface area contributed by atoms with Gasteiger partial charge in [-0.05, 0) is 44.4 Å². The Balaban J connectivity index is 0.00000176. The third-order valence-electron chi connectivity index (χ3n) is 4.11. The van der Waals surface area contributed by atoms with E-state index >= 15 is 0 Å². The van der Waals surface area contributed by atoms with Crippen LogP contribution < -0.4 is 4.74 Å². The van der Waals surface area contributed by atoms with Crippen LogP contribution in [0.2, 0.25) is 0 Å². The van der Waals surface area contributed by atoms with Crippen LogP contribution in [0.3, 0.4) is 0 Å². The number of phenols is 1. The Kier molecular flexibility index (Phi) is 4.71. The SMILES string of the molecule is CCCCCc1cc(O)c2c(c1)OC(C)(C)c1cn[nH]c1-2.Cl. The molecule has 1 aromatic heterocycles. The topological polar surface area (TPSA) is 58.1 Å². The summed E-state index contributed by atoms with van der Waals surface area (Å²) in [5, 5.41) is 17.5. The van der Waals surface area contributed by atoms with E-state index in [-0.39, 0.29) is 18.2 Å². The van der Waals surface area contributed by atoms with Crippen LogP contribution in [0.15, 0.2) is 18.3 Å². The van der Waals surface area contributed by atoms with Gasteiger partial charge in [0.2, 0.25) is 0 Å². The Labute approximate surface area is 137 Å². The summed E-state index contributed by atoms with van der Waals surface area (Å²) in [6, 6.07) is 3.90. The van der Waals surface area contributed by atoms with Crippen LogP contribution in [-0.4, -0.2) is 15.3 Å². The summed E-state index contributed by atoms with van der Waals surface area (Å²) in [5.41, 5.74) is 3.24. The van der Waals surface area contributed by atoms with Crippen molar-refractivity contribution in [2.75, 3.05) is 0 Å². The molecular weight excluding hydrogens is 300 g/mol. The van der Waals surface area contributed by atoms with E-state index in [9.17, 15) is 5.11 Å². The predicted molar refractivity (Wildman–Crippen MR) is 89.8 cm³/mol. The second-order valence-corrected chi connectivity index (χ2v) is 6.22. The minimum atomic E-state index is -0.441. The molecule has 0 bridgehead atoms. The van der Waals surface area contributed by atoms with E-state index in [2.05, 4.69) is 23.2 Å². The number of aromatic amines is 1. The maximum Gasteiger partial charge on any atom is 0.134 e. The van der Waals surface area contributed by atoms with Crippen LogP contribution in [-0.2, 0) is 12.0 Å². The standard InChI is InChI=1S/C17H22N2O2.ClH/c1-4-5-6-7-11-8-13(20)15-14(9-11)21-17(2,3)12-10-18-19-16(12)15;/h8-10,20H,4-7H2,1-3H3,(H,18,19);1H. The third-order valence-corrected chi connectivity index (χ3v) is 4.11. The number of aryl methyl sites for hydroxylation is 1. The van der Waals surface area contributed by atoms with Crippen molar-refractivity contribution >= 4 is 12.4 Å². The van der Waals surface area contributed by atoms with Gasteiger partial charge in [0.1, 0.15) is 17.1 Å². The average Bonchev–Trinajstić information content (AvgIpc) is 2.88. The number of benzene rings is 1. The summed E-state index contributed by atoms with van der Waals surface area (Å²) < 4.78 is 6.11. The summed E-state index contributed by atoms with van der Waals surface area (Å²) >= 11 is 0. The number of nitrogens with one attached hydrogen (secondary N) is 1. The van der Waals surface area contributed by atoms with Crippen LogP contribution >= 0.6 is 12.4 Å². The molecule has 5 heteroatoms. The molecule has 3 rings (SSSR count). The van der Waals surface area contributed by atoms with Crippen molar-refractivity contribution in [1.29, 1.82) is 0 Å². The number of fused-ring (bicyclic) bond motifs is 3. The fourth-order valence-corrected chi connectivity index (χ4v) is 2.97. The highest BCUT2D eigenvalue weighted by atomic mass is 35.5. The normalized spacial score (nSPS) is 14.5. The molecule has 0 saturated carbocycles. The Morgan fingerprint density at radius 2 is 2.05 bits per heavy atom. The number of ether oxygens (including phenoxy) is 1. The number of hydrogen-bond acceptors (Lipinski definition) is 3. The monoisotopic (exact) mass is 322 g/mol. The molecule has 0 spiro atoms. The van der Waals surface area contributed by atoms with Gasteiger partial charge in [-0.1, -0.05) is 19.8 Å². The Morgan fingerprint density at radius 3 is 2.77 bits per heavy atom. The Bertz CT molecular complexity index is 665. The van der Waals surface area contributed by atoms with Gasteiger partial charge in [-0.3, -0.25) is 5.10 Å². The molecule has 22 heavy (non-hydrogen) atoms. The van der Waals surface area contributed by atoms with Gasteiger partial charge >= 0.3 is 0 Å². The van der Waals surface area contributed by atoms with E-state index in [0.717, 1.165) is 41.0 Å². The lowest BCUT2D eigenvalue weighted by Gasteiger charge is -2.32. The van der Waals surface area contributed by atoms with Crippen molar-refractivity contribution in [3.8, 4) is 22.8 Å². The van der Waals surface area contributed by atoms with Gasteiger partial charge in [0.25, 0.3) is 0 Å². The summed E-state index contributed by atoms with van der Waals surface area (Å²) in [7, 11) is 0. The zero-order valence-electron chi connectivity index (χ0n) is 13.3. The lowest BCUT2D eigenvalue weighted by Crippen LogP contribution is -2.28. The maximum absolute atomic E-state index is 10.4. The predicted octanol–water partition coefficient (Wildman–Crippen LogP) is 4.56.